The van der Waals surface area contributed by atoms with E-state index in [9.17, 15) is 53.9 Å². The predicted octanol–water partition coefficient (Wildman–Crippen LogP) is 7.24. The molecule has 228 valence electrons. The molecule has 3 aromatic rings. The second-order valence-electron chi connectivity index (χ2n) is 9.08. The van der Waals surface area contributed by atoms with Gasteiger partial charge in [0.15, 0.2) is 5.82 Å². The third-order valence-electron chi connectivity index (χ3n) is 6.26. The summed E-state index contributed by atoms with van der Waals surface area (Å²) in [5, 5.41) is 5.45. The van der Waals surface area contributed by atoms with Crippen molar-refractivity contribution in [1.29, 1.82) is 0 Å². The molecule has 17 heteroatoms. The van der Waals surface area contributed by atoms with Gasteiger partial charge in [-0.1, -0.05) is 6.07 Å². The van der Waals surface area contributed by atoms with Crippen LogP contribution in [-0.2, 0) is 15.8 Å². The van der Waals surface area contributed by atoms with Crippen LogP contribution in [0.2, 0.25) is 0 Å². The molecule has 0 bridgehead atoms. The van der Waals surface area contributed by atoms with Crippen LogP contribution < -0.4 is 16.0 Å². The van der Waals surface area contributed by atoms with E-state index >= 15 is 0 Å². The SMILES string of the molecule is O=C(Nc1c(F)ccc(NC(=O)C(F)F)c1F)c1cc(NC(=O)C2[C@H](c3ccc(F)c(C(F)(F)F)c3)C2(Cl)Cl)ccc1F. The zero-order valence-electron chi connectivity index (χ0n) is 20.7. The Hall–Kier alpha value is -3.98. The van der Waals surface area contributed by atoms with Crippen LogP contribution in [0, 0.1) is 29.2 Å². The van der Waals surface area contributed by atoms with Gasteiger partial charge in [-0.05, 0) is 48.0 Å². The molecule has 0 radical (unpaired) electrons. The zero-order chi connectivity index (χ0) is 32.0. The summed E-state index contributed by atoms with van der Waals surface area (Å²) in [6.45, 7) is 0. The maximum Gasteiger partial charge on any atom is 0.419 e. The molecule has 0 heterocycles. The summed E-state index contributed by atoms with van der Waals surface area (Å²) in [4.78, 5) is 36.7. The molecule has 1 saturated carbocycles. The van der Waals surface area contributed by atoms with Gasteiger partial charge in [-0.25, -0.2) is 17.6 Å². The Labute approximate surface area is 245 Å². The van der Waals surface area contributed by atoms with Crippen LogP contribution in [0.5, 0.6) is 0 Å². The number of amides is 3. The van der Waals surface area contributed by atoms with E-state index in [-0.39, 0.29) is 11.3 Å². The van der Waals surface area contributed by atoms with E-state index < -0.39 is 92.3 Å². The number of benzene rings is 3. The molecule has 0 aliphatic heterocycles. The molecule has 0 spiro atoms. The second-order valence-corrected chi connectivity index (χ2v) is 10.5. The highest BCUT2D eigenvalue weighted by atomic mass is 35.5. The van der Waals surface area contributed by atoms with E-state index in [2.05, 4.69) is 5.32 Å². The van der Waals surface area contributed by atoms with Crippen molar-refractivity contribution in [3.05, 3.63) is 88.5 Å². The summed E-state index contributed by atoms with van der Waals surface area (Å²) in [7, 11) is 0. The number of hydrogen-bond acceptors (Lipinski definition) is 3. The monoisotopic (exact) mass is 657 g/mol. The minimum atomic E-state index is -5.05. The molecular weight excluding hydrogens is 644 g/mol. The molecule has 0 saturated heterocycles. The van der Waals surface area contributed by atoms with Crippen LogP contribution in [0.15, 0.2) is 48.5 Å². The molecule has 1 unspecified atom stereocenters. The van der Waals surface area contributed by atoms with Gasteiger partial charge >= 0.3 is 12.6 Å². The number of hydrogen-bond donors (Lipinski definition) is 3. The summed E-state index contributed by atoms with van der Waals surface area (Å²) in [5.74, 6) is -12.8. The minimum Gasteiger partial charge on any atom is -0.326 e. The van der Waals surface area contributed by atoms with Crippen molar-refractivity contribution in [3.8, 4) is 0 Å². The average Bonchev–Trinajstić information content (AvgIpc) is 3.50. The van der Waals surface area contributed by atoms with E-state index in [0.717, 1.165) is 18.2 Å². The van der Waals surface area contributed by atoms with Gasteiger partial charge in [-0.3, -0.25) is 14.4 Å². The van der Waals surface area contributed by atoms with Gasteiger partial charge in [-0.2, -0.15) is 22.0 Å². The van der Waals surface area contributed by atoms with Crippen molar-refractivity contribution in [1.82, 2.24) is 0 Å². The number of alkyl halides is 7. The lowest BCUT2D eigenvalue weighted by Crippen LogP contribution is -2.22. The minimum absolute atomic E-state index is 0.200. The van der Waals surface area contributed by atoms with Crippen LogP contribution in [0.25, 0.3) is 0 Å². The number of carbonyl (C=O) groups is 3. The Kier molecular flexibility index (Phi) is 8.62. The highest BCUT2D eigenvalue weighted by molar-refractivity contribution is 6.53. The molecule has 1 aliphatic rings. The normalized spacial score (nSPS) is 17.4. The molecule has 43 heavy (non-hydrogen) atoms. The highest BCUT2D eigenvalue weighted by Crippen LogP contribution is 2.65. The van der Waals surface area contributed by atoms with Gasteiger partial charge in [0.2, 0.25) is 5.91 Å². The fourth-order valence-electron chi connectivity index (χ4n) is 4.15. The first kappa shape index (κ1) is 31.9. The van der Waals surface area contributed by atoms with E-state index in [0.29, 0.717) is 30.3 Å². The lowest BCUT2D eigenvalue weighted by molar-refractivity contribution is -0.140. The van der Waals surface area contributed by atoms with Crippen molar-refractivity contribution in [2.75, 3.05) is 16.0 Å². The van der Waals surface area contributed by atoms with Gasteiger partial charge in [0, 0.05) is 11.6 Å². The Morgan fingerprint density at radius 1 is 0.814 bits per heavy atom. The molecule has 6 nitrogen and oxygen atoms in total. The first-order valence-electron chi connectivity index (χ1n) is 11.7. The summed E-state index contributed by atoms with van der Waals surface area (Å²) >= 11 is 12.3. The van der Waals surface area contributed by atoms with Gasteiger partial charge in [0.1, 0.15) is 27.5 Å². The summed E-state index contributed by atoms with van der Waals surface area (Å²) in [6.07, 6.45) is -8.59. The van der Waals surface area contributed by atoms with Crippen LogP contribution >= 0.6 is 23.2 Å². The molecule has 3 amide bonds. The quantitative estimate of drug-likeness (QED) is 0.185. The van der Waals surface area contributed by atoms with Crippen molar-refractivity contribution in [2.24, 2.45) is 5.92 Å². The fourth-order valence-corrected chi connectivity index (χ4v) is 4.98. The third kappa shape index (κ3) is 6.51. The lowest BCUT2D eigenvalue weighted by Gasteiger charge is -2.13. The van der Waals surface area contributed by atoms with E-state index in [1.165, 1.54) is 5.32 Å². The van der Waals surface area contributed by atoms with Gasteiger partial charge in [0.05, 0.1) is 22.7 Å². The Morgan fingerprint density at radius 2 is 1.44 bits per heavy atom. The molecule has 3 aromatic carbocycles. The largest absolute Gasteiger partial charge is 0.419 e. The smallest absolute Gasteiger partial charge is 0.326 e. The van der Waals surface area contributed by atoms with E-state index in [4.69, 9.17) is 23.2 Å². The molecule has 3 N–H and O–H groups in total. The topological polar surface area (TPSA) is 87.3 Å². The first-order valence-corrected chi connectivity index (χ1v) is 12.4. The van der Waals surface area contributed by atoms with Gasteiger partial charge in [0.25, 0.3) is 11.8 Å². The summed E-state index contributed by atoms with van der Waals surface area (Å²) < 4.78 is 120. The van der Waals surface area contributed by atoms with Crippen LogP contribution in [0.4, 0.5) is 56.6 Å². The first-order chi connectivity index (χ1) is 19.9. The van der Waals surface area contributed by atoms with Crippen LogP contribution in [0.3, 0.4) is 0 Å². The Bertz CT molecular complexity index is 1630. The predicted molar refractivity (Wildman–Crippen MR) is 136 cm³/mol. The van der Waals surface area contributed by atoms with Crippen molar-refractivity contribution < 1.29 is 53.9 Å². The Morgan fingerprint density at radius 3 is 2.07 bits per heavy atom. The van der Waals surface area contributed by atoms with Gasteiger partial charge in [-0.15, -0.1) is 23.2 Å². The molecular formula is C26H14Cl2F9N3O3. The van der Waals surface area contributed by atoms with Crippen molar-refractivity contribution >= 4 is 58.0 Å². The molecule has 1 fully saturated rings. The maximum atomic E-state index is 14.7. The summed E-state index contributed by atoms with van der Waals surface area (Å²) in [6, 6.07) is 5.48. The highest BCUT2D eigenvalue weighted by Gasteiger charge is 2.67. The zero-order valence-corrected chi connectivity index (χ0v) is 22.2. The van der Waals surface area contributed by atoms with Crippen molar-refractivity contribution in [2.45, 2.75) is 22.9 Å². The number of anilines is 3. The van der Waals surface area contributed by atoms with Gasteiger partial charge < -0.3 is 16.0 Å². The number of carbonyl (C=O) groups excluding carboxylic acids is 3. The number of nitrogens with one attached hydrogen (secondary N) is 3. The third-order valence-corrected chi connectivity index (χ3v) is 7.20. The average molecular weight is 658 g/mol. The molecule has 4 rings (SSSR count). The van der Waals surface area contributed by atoms with Crippen molar-refractivity contribution in [3.63, 3.8) is 0 Å². The summed E-state index contributed by atoms with van der Waals surface area (Å²) in [5.41, 5.74) is -5.10. The van der Waals surface area contributed by atoms with E-state index in [1.807, 2.05) is 0 Å². The van der Waals surface area contributed by atoms with Crippen LogP contribution in [-0.4, -0.2) is 28.5 Å². The molecule has 2 atom stereocenters. The number of rotatable bonds is 7. The molecule has 0 aromatic heterocycles. The number of halogens is 11. The van der Waals surface area contributed by atoms with Crippen LogP contribution in [0.1, 0.15) is 27.4 Å². The standard InChI is InChI=1S/C26H14Cl2F9N3O3/c27-25(28)17(9-1-3-14(30)12(7-9)26(35,36)37)18(25)23(42)38-10-2-4-13(29)11(8-10)22(41)40-20-15(31)5-6-16(19(20)32)39-24(43)21(33)34/h1-8,17-18,21H,(H,38,42)(H,39,43)(H,40,41)/t17-,18?/m0/s1. The molecule has 1 aliphatic carbocycles. The maximum absolute atomic E-state index is 14.7. The second kappa shape index (κ2) is 11.6. The van der Waals surface area contributed by atoms with E-state index in [1.54, 1.807) is 5.32 Å². The lowest BCUT2D eigenvalue weighted by atomic mass is 10.0. The fraction of sp³-hybridized carbons (Fsp3) is 0.192. The Balaban J connectivity index is 1.53.